The molecule has 1 aliphatic carbocycles. The summed E-state index contributed by atoms with van der Waals surface area (Å²) in [6.45, 7) is 6.14. The molecule has 2 heteroatoms. The van der Waals surface area contributed by atoms with E-state index >= 15 is 0 Å². The molecule has 1 N–H and O–H groups in total. The molecular weight excluding hydrogens is 246 g/mol. The highest BCUT2D eigenvalue weighted by atomic mass is 16.5. The van der Waals surface area contributed by atoms with E-state index in [2.05, 4.69) is 49.5 Å². The second-order valence-electron chi connectivity index (χ2n) is 6.41. The Morgan fingerprint density at radius 2 is 1.70 bits per heavy atom. The first-order chi connectivity index (χ1) is 9.70. The third-order valence-electron chi connectivity index (χ3n) is 4.24. The van der Waals surface area contributed by atoms with E-state index in [1.165, 1.54) is 44.1 Å². The average Bonchev–Trinajstić information content (AvgIpc) is 2.71. The van der Waals surface area contributed by atoms with Crippen LogP contribution in [-0.2, 0) is 11.3 Å². The predicted molar refractivity (Wildman–Crippen MR) is 84.8 cm³/mol. The summed E-state index contributed by atoms with van der Waals surface area (Å²) in [5.74, 6) is 0. The van der Waals surface area contributed by atoms with Crippen molar-refractivity contribution in [3.05, 3.63) is 35.9 Å². The van der Waals surface area contributed by atoms with E-state index in [0.717, 1.165) is 13.2 Å². The molecular formula is C18H29NO. The largest absolute Gasteiger partial charge is 0.369 e. The van der Waals surface area contributed by atoms with Gasteiger partial charge in [0.05, 0.1) is 12.2 Å². The fourth-order valence-electron chi connectivity index (χ4n) is 2.95. The Hall–Kier alpha value is -0.860. The maximum atomic E-state index is 6.42. The summed E-state index contributed by atoms with van der Waals surface area (Å²) >= 11 is 0. The molecule has 0 aromatic heterocycles. The van der Waals surface area contributed by atoms with Gasteiger partial charge in [-0.25, -0.2) is 0 Å². The van der Waals surface area contributed by atoms with Gasteiger partial charge < -0.3 is 10.1 Å². The molecule has 0 aliphatic heterocycles. The molecule has 112 valence electrons. The van der Waals surface area contributed by atoms with Gasteiger partial charge in [-0.1, -0.05) is 69.9 Å². The lowest BCUT2D eigenvalue weighted by molar-refractivity contribution is -0.0665. The van der Waals surface area contributed by atoms with Gasteiger partial charge in [-0.15, -0.1) is 0 Å². The van der Waals surface area contributed by atoms with Crippen LogP contribution in [0.15, 0.2) is 30.3 Å². The lowest BCUT2D eigenvalue weighted by Crippen LogP contribution is -2.44. The van der Waals surface area contributed by atoms with Crippen LogP contribution in [0.1, 0.15) is 57.9 Å². The summed E-state index contributed by atoms with van der Waals surface area (Å²) in [5, 5.41) is 3.60. The zero-order chi connectivity index (χ0) is 14.3. The average molecular weight is 275 g/mol. The Balaban J connectivity index is 1.97. The zero-order valence-corrected chi connectivity index (χ0v) is 13.0. The maximum absolute atomic E-state index is 6.42. The Morgan fingerprint density at radius 3 is 2.30 bits per heavy atom. The van der Waals surface area contributed by atoms with E-state index in [4.69, 9.17) is 4.74 Å². The van der Waals surface area contributed by atoms with Crippen LogP contribution >= 0.6 is 0 Å². The molecule has 0 spiro atoms. The molecule has 0 atom stereocenters. The second kappa shape index (κ2) is 7.80. The molecule has 0 bridgehead atoms. The van der Waals surface area contributed by atoms with E-state index in [1.54, 1.807) is 0 Å². The number of nitrogens with one attached hydrogen (secondary N) is 1. The Labute approximate surface area is 123 Å². The van der Waals surface area contributed by atoms with Crippen LogP contribution in [0.2, 0.25) is 0 Å². The van der Waals surface area contributed by atoms with Gasteiger partial charge in [0, 0.05) is 12.6 Å². The molecule has 1 aromatic carbocycles. The van der Waals surface area contributed by atoms with E-state index in [-0.39, 0.29) is 5.60 Å². The lowest BCUT2D eigenvalue weighted by atomic mass is 9.93. The summed E-state index contributed by atoms with van der Waals surface area (Å²) in [6.07, 6.45) is 7.71. The summed E-state index contributed by atoms with van der Waals surface area (Å²) in [4.78, 5) is 0. The Bertz CT molecular complexity index is 366. The van der Waals surface area contributed by atoms with Crippen molar-refractivity contribution in [2.24, 2.45) is 0 Å². The molecule has 1 aliphatic rings. The zero-order valence-electron chi connectivity index (χ0n) is 13.0. The van der Waals surface area contributed by atoms with Crippen LogP contribution in [0.3, 0.4) is 0 Å². The van der Waals surface area contributed by atoms with Gasteiger partial charge in [0.25, 0.3) is 0 Å². The molecule has 2 nitrogen and oxygen atoms in total. The third-order valence-corrected chi connectivity index (χ3v) is 4.24. The molecule has 0 radical (unpaired) electrons. The number of benzene rings is 1. The summed E-state index contributed by atoms with van der Waals surface area (Å²) < 4.78 is 6.42. The smallest absolute Gasteiger partial charge is 0.0810 e. The van der Waals surface area contributed by atoms with Gasteiger partial charge in [-0.3, -0.25) is 0 Å². The standard InChI is InChI=1S/C18H29NO/c1-16(2)19-15-18(12-8-3-4-9-13-18)20-14-17-10-6-5-7-11-17/h5-7,10-11,16,19H,3-4,8-9,12-15H2,1-2H3. The first kappa shape index (κ1) is 15.5. The van der Waals surface area contributed by atoms with Crippen molar-refractivity contribution in [1.82, 2.24) is 5.32 Å². The van der Waals surface area contributed by atoms with Gasteiger partial charge in [0.2, 0.25) is 0 Å². The number of hydrogen-bond donors (Lipinski definition) is 1. The summed E-state index contributed by atoms with van der Waals surface area (Å²) in [7, 11) is 0. The van der Waals surface area contributed by atoms with E-state index < -0.39 is 0 Å². The van der Waals surface area contributed by atoms with Crippen molar-refractivity contribution in [3.8, 4) is 0 Å². The first-order valence-corrected chi connectivity index (χ1v) is 8.11. The second-order valence-corrected chi connectivity index (χ2v) is 6.41. The predicted octanol–water partition coefficient (Wildman–Crippen LogP) is 4.29. The van der Waals surface area contributed by atoms with Crippen molar-refractivity contribution in [1.29, 1.82) is 0 Å². The molecule has 1 fully saturated rings. The monoisotopic (exact) mass is 275 g/mol. The molecule has 0 unspecified atom stereocenters. The minimum Gasteiger partial charge on any atom is -0.369 e. The highest BCUT2D eigenvalue weighted by molar-refractivity contribution is 5.13. The van der Waals surface area contributed by atoms with Gasteiger partial charge in [0.15, 0.2) is 0 Å². The highest BCUT2D eigenvalue weighted by Crippen LogP contribution is 2.31. The van der Waals surface area contributed by atoms with E-state index in [9.17, 15) is 0 Å². The third kappa shape index (κ3) is 4.92. The fourth-order valence-corrected chi connectivity index (χ4v) is 2.95. The molecule has 20 heavy (non-hydrogen) atoms. The SMILES string of the molecule is CC(C)NCC1(OCc2ccccc2)CCCCCC1. The van der Waals surface area contributed by atoms with Crippen molar-refractivity contribution < 1.29 is 4.74 Å². The van der Waals surface area contributed by atoms with E-state index in [0.29, 0.717) is 6.04 Å². The topological polar surface area (TPSA) is 21.3 Å². The molecule has 1 aromatic rings. The van der Waals surface area contributed by atoms with Crippen LogP contribution in [0.4, 0.5) is 0 Å². The van der Waals surface area contributed by atoms with Crippen molar-refractivity contribution in [2.75, 3.05) is 6.54 Å². The van der Waals surface area contributed by atoms with Crippen molar-refractivity contribution in [2.45, 2.75) is 70.6 Å². The summed E-state index contributed by atoms with van der Waals surface area (Å²) in [6, 6.07) is 11.1. The van der Waals surface area contributed by atoms with E-state index in [1.807, 2.05) is 0 Å². The maximum Gasteiger partial charge on any atom is 0.0810 e. The number of hydrogen-bond acceptors (Lipinski definition) is 2. The van der Waals surface area contributed by atoms with Crippen LogP contribution in [0.25, 0.3) is 0 Å². The van der Waals surface area contributed by atoms with Crippen molar-refractivity contribution >= 4 is 0 Å². The normalized spacial score (nSPS) is 18.9. The van der Waals surface area contributed by atoms with Gasteiger partial charge in [0.1, 0.15) is 0 Å². The first-order valence-electron chi connectivity index (χ1n) is 8.11. The molecule has 0 amide bonds. The molecule has 1 saturated carbocycles. The fraction of sp³-hybridized carbons (Fsp3) is 0.667. The highest BCUT2D eigenvalue weighted by Gasteiger charge is 2.31. The van der Waals surface area contributed by atoms with Crippen molar-refractivity contribution in [3.63, 3.8) is 0 Å². The molecule has 2 rings (SSSR count). The number of rotatable bonds is 6. The minimum absolute atomic E-state index is 0.0383. The number of ether oxygens (including phenoxy) is 1. The molecule has 0 heterocycles. The molecule has 0 saturated heterocycles. The summed E-state index contributed by atoms with van der Waals surface area (Å²) in [5.41, 5.74) is 1.32. The minimum atomic E-state index is 0.0383. The lowest BCUT2D eigenvalue weighted by Gasteiger charge is -2.34. The van der Waals surface area contributed by atoms with Gasteiger partial charge in [-0.05, 0) is 18.4 Å². The van der Waals surface area contributed by atoms with Crippen LogP contribution in [-0.4, -0.2) is 18.2 Å². The quantitative estimate of drug-likeness (QED) is 0.782. The van der Waals surface area contributed by atoms with Crippen LogP contribution in [0.5, 0.6) is 0 Å². The Kier molecular flexibility index (Phi) is 6.06. The Morgan fingerprint density at radius 1 is 1.05 bits per heavy atom. The van der Waals surface area contributed by atoms with Gasteiger partial charge >= 0.3 is 0 Å². The van der Waals surface area contributed by atoms with Gasteiger partial charge in [-0.2, -0.15) is 0 Å². The van der Waals surface area contributed by atoms with Crippen LogP contribution < -0.4 is 5.32 Å². The van der Waals surface area contributed by atoms with Crippen LogP contribution in [0, 0.1) is 0 Å².